The monoisotopic (exact) mass is 383 g/mol. The number of aliphatic carboxylic acids is 1. The number of ether oxygens (including phenoxy) is 1. The van der Waals surface area contributed by atoms with Crippen molar-refractivity contribution in [1.82, 2.24) is 5.32 Å². The molecule has 0 unspecified atom stereocenters. The van der Waals surface area contributed by atoms with Gasteiger partial charge in [-0.3, -0.25) is 4.79 Å². The summed E-state index contributed by atoms with van der Waals surface area (Å²) in [7, 11) is 0. The largest absolute Gasteiger partial charge is 0.481 e. The van der Waals surface area contributed by atoms with Crippen LogP contribution in [-0.4, -0.2) is 17.2 Å². The third-order valence-corrected chi connectivity index (χ3v) is 4.56. The molecule has 2 rings (SSSR count). The zero-order valence-electron chi connectivity index (χ0n) is 11.5. The highest BCUT2D eigenvalue weighted by Gasteiger charge is 2.20. The van der Waals surface area contributed by atoms with E-state index in [0.29, 0.717) is 0 Å². The topological polar surface area (TPSA) is 75.6 Å². The standard InChI is InChI=1S/C15H14BrNO4S/c16-13-7-6-12(22-13)11(8-14(18)19)17-15(20)21-9-10-4-2-1-3-5-10/h1-7,11H,8-9H2,(H,17,20)(H,18,19)/t11-/m1/s1. The molecule has 0 bridgehead atoms. The molecule has 0 aliphatic carbocycles. The van der Waals surface area contributed by atoms with Gasteiger partial charge in [-0.15, -0.1) is 11.3 Å². The van der Waals surface area contributed by atoms with Gasteiger partial charge >= 0.3 is 12.1 Å². The fourth-order valence-corrected chi connectivity index (χ4v) is 3.29. The van der Waals surface area contributed by atoms with E-state index in [0.717, 1.165) is 14.2 Å². The first-order chi connectivity index (χ1) is 10.5. The van der Waals surface area contributed by atoms with E-state index in [1.165, 1.54) is 11.3 Å². The zero-order valence-corrected chi connectivity index (χ0v) is 13.9. The van der Waals surface area contributed by atoms with Gasteiger partial charge in [0.1, 0.15) is 6.61 Å². The summed E-state index contributed by atoms with van der Waals surface area (Å²) < 4.78 is 5.99. The van der Waals surface area contributed by atoms with Crippen LogP contribution in [0.2, 0.25) is 0 Å². The lowest BCUT2D eigenvalue weighted by Gasteiger charge is -2.15. The van der Waals surface area contributed by atoms with Crippen molar-refractivity contribution < 1.29 is 19.4 Å². The van der Waals surface area contributed by atoms with Crippen molar-refractivity contribution in [3.8, 4) is 0 Å². The summed E-state index contributed by atoms with van der Waals surface area (Å²) in [5.41, 5.74) is 0.867. The van der Waals surface area contributed by atoms with E-state index in [1.807, 2.05) is 36.4 Å². The van der Waals surface area contributed by atoms with Gasteiger partial charge in [0.2, 0.25) is 0 Å². The molecule has 116 valence electrons. The zero-order chi connectivity index (χ0) is 15.9. The molecule has 0 aliphatic rings. The van der Waals surface area contributed by atoms with Gasteiger partial charge in [-0.05, 0) is 33.6 Å². The molecule has 0 radical (unpaired) electrons. The highest BCUT2D eigenvalue weighted by molar-refractivity contribution is 9.11. The number of amides is 1. The number of nitrogens with one attached hydrogen (secondary N) is 1. The molecule has 1 aromatic carbocycles. The van der Waals surface area contributed by atoms with E-state index in [1.54, 1.807) is 6.07 Å². The van der Waals surface area contributed by atoms with Crippen molar-refractivity contribution in [2.24, 2.45) is 0 Å². The lowest BCUT2D eigenvalue weighted by atomic mass is 10.2. The summed E-state index contributed by atoms with van der Waals surface area (Å²) in [6.07, 6.45) is -0.840. The molecule has 22 heavy (non-hydrogen) atoms. The average molecular weight is 384 g/mol. The predicted molar refractivity (Wildman–Crippen MR) is 86.8 cm³/mol. The third-order valence-electron chi connectivity index (χ3n) is 2.82. The van der Waals surface area contributed by atoms with E-state index in [9.17, 15) is 9.59 Å². The summed E-state index contributed by atoms with van der Waals surface area (Å²) in [6, 6.07) is 12.3. The summed E-state index contributed by atoms with van der Waals surface area (Å²) in [5.74, 6) is -0.988. The Kier molecular flexibility index (Phi) is 5.97. The number of carbonyl (C=O) groups excluding carboxylic acids is 1. The number of rotatable bonds is 6. The number of hydrogen-bond acceptors (Lipinski definition) is 4. The number of carboxylic acids is 1. The number of thiophene rings is 1. The Balaban J connectivity index is 1.94. The lowest BCUT2D eigenvalue weighted by molar-refractivity contribution is -0.137. The second-order valence-corrected chi connectivity index (χ2v) is 6.99. The summed E-state index contributed by atoms with van der Waals surface area (Å²) in [5, 5.41) is 11.6. The number of carbonyl (C=O) groups is 2. The van der Waals surface area contributed by atoms with Crippen LogP contribution < -0.4 is 5.32 Å². The SMILES string of the molecule is O=C(O)C[C@@H](NC(=O)OCc1ccccc1)c1ccc(Br)s1. The van der Waals surface area contributed by atoms with Crippen LogP contribution in [-0.2, 0) is 16.1 Å². The van der Waals surface area contributed by atoms with Crippen molar-refractivity contribution in [3.63, 3.8) is 0 Å². The van der Waals surface area contributed by atoms with Crippen molar-refractivity contribution in [1.29, 1.82) is 0 Å². The predicted octanol–water partition coefficient (Wildman–Crippen LogP) is 3.95. The van der Waals surface area contributed by atoms with Crippen molar-refractivity contribution in [2.75, 3.05) is 0 Å². The minimum Gasteiger partial charge on any atom is -0.481 e. The normalized spacial score (nSPS) is 11.7. The Bertz CT molecular complexity index is 644. The van der Waals surface area contributed by atoms with Crippen molar-refractivity contribution in [3.05, 3.63) is 56.7 Å². The third kappa shape index (κ3) is 5.16. The fourth-order valence-electron chi connectivity index (χ4n) is 1.82. The van der Waals surface area contributed by atoms with Gasteiger partial charge in [0.15, 0.2) is 0 Å². The van der Waals surface area contributed by atoms with Gasteiger partial charge in [-0.1, -0.05) is 30.3 Å². The van der Waals surface area contributed by atoms with Gasteiger partial charge in [0.25, 0.3) is 0 Å². The minimum atomic E-state index is -0.988. The maximum absolute atomic E-state index is 11.9. The van der Waals surface area contributed by atoms with Crippen LogP contribution in [0.3, 0.4) is 0 Å². The molecule has 5 nitrogen and oxygen atoms in total. The molecular weight excluding hydrogens is 370 g/mol. The molecule has 1 amide bonds. The molecule has 1 atom stereocenters. The van der Waals surface area contributed by atoms with E-state index in [2.05, 4.69) is 21.2 Å². The lowest BCUT2D eigenvalue weighted by Crippen LogP contribution is -2.30. The highest BCUT2D eigenvalue weighted by Crippen LogP contribution is 2.29. The molecule has 7 heteroatoms. The molecule has 0 saturated heterocycles. The molecule has 2 aromatic rings. The van der Waals surface area contributed by atoms with Gasteiger partial charge in [0, 0.05) is 4.88 Å². The number of alkyl carbamates (subject to hydrolysis) is 1. The first-order valence-corrected chi connectivity index (χ1v) is 8.10. The molecule has 0 saturated carbocycles. The Morgan fingerprint density at radius 2 is 1.95 bits per heavy atom. The molecule has 1 aromatic heterocycles. The van der Waals surface area contributed by atoms with E-state index < -0.39 is 18.1 Å². The molecule has 1 heterocycles. The van der Waals surface area contributed by atoms with Crippen LogP contribution >= 0.6 is 27.3 Å². The van der Waals surface area contributed by atoms with E-state index in [-0.39, 0.29) is 13.0 Å². The summed E-state index contributed by atoms with van der Waals surface area (Å²) >= 11 is 4.70. The molecule has 2 N–H and O–H groups in total. The van der Waals surface area contributed by atoms with Crippen LogP contribution in [0.4, 0.5) is 4.79 Å². The number of halogens is 1. The Morgan fingerprint density at radius 1 is 1.23 bits per heavy atom. The minimum absolute atomic E-state index is 0.139. The van der Waals surface area contributed by atoms with Gasteiger partial charge in [-0.25, -0.2) is 4.79 Å². The van der Waals surface area contributed by atoms with Gasteiger partial charge in [-0.2, -0.15) is 0 Å². The van der Waals surface area contributed by atoms with E-state index in [4.69, 9.17) is 9.84 Å². The van der Waals surface area contributed by atoms with Crippen LogP contribution in [0.15, 0.2) is 46.3 Å². The van der Waals surface area contributed by atoms with E-state index >= 15 is 0 Å². The molecule has 0 aliphatic heterocycles. The average Bonchev–Trinajstić information content (AvgIpc) is 2.92. The van der Waals surface area contributed by atoms with Crippen LogP contribution in [0.5, 0.6) is 0 Å². The summed E-state index contributed by atoms with van der Waals surface area (Å²) in [6.45, 7) is 0.139. The molecule has 0 fully saturated rings. The molecule has 0 spiro atoms. The number of carboxylic acid groups (broad SMARTS) is 1. The highest BCUT2D eigenvalue weighted by atomic mass is 79.9. The number of hydrogen-bond donors (Lipinski definition) is 2. The fraction of sp³-hybridized carbons (Fsp3) is 0.200. The Hall–Kier alpha value is -1.86. The Morgan fingerprint density at radius 3 is 2.55 bits per heavy atom. The summed E-state index contributed by atoms with van der Waals surface area (Å²) in [4.78, 5) is 23.6. The second kappa shape index (κ2) is 7.95. The van der Waals surface area contributed by atoms with Gasteiger partial charge < -0.3 is 15.2 Å². The van der Waals surface area contributed by atoms with Crippen LogP contribution in [0.1, 0.15) is 22.9 Å². The molecular formula is C15H14BrNO4S. The maximum Gasteiger partial charge on any atom is 0.407 e. The number of benzene rings is 1. The van der Waals surface area contributed by atoms with Crippen molar-refractivity contribution >= 4 is 39.3 Å². The maximum atomic E-state index is 11.9. The Labute approximate surface area is 140 Å². The van der Waals surface area contributed by atoms with Gasteiger partial charge in [0.05, 0.1) is 16.2 Å². The quantitative estimate of drug-likeness (QED) is 0.791. The van der Waals surface area contributed by atoms with Crippen LogP contribution in [0, 0.1) is 0 Å². The van der Waals surface area contributed by atoms with Crippen LogP contribution in [0.25, 0.3) is 0 Å². The smallest absolute Gasteiger partial charge is 0.407 e. The second-order valence-electron chi connectivity index (χ2n) is 4.50. The first-order valence-electron chi connectivity index (χ1n) is 6.49. The van der Waals surface area contributed by atoms with Crippen molar-refractivity contribution in [2.45, 2.75) is 19.1 Å². The first kappa shape index (κ1) is 16.5.